The van der Waals surface area contributed by atoms with E-state index < -0.39 is 0 Å². The number of ketones is 1. The third kappa shape index (κ3) is 2.33. The molecule has 1 fully saturated rings. The molecular weight excluding hydrogens is 232 g/mol. The van der Waals surface area contributed by atoms with E-state index in [9.17, 15) is 4.79 Å². The average molecular weight is 250 g/mol. The van der Waals surface area contributed by atoms with Gasteiger partial charge in [0, 0.05) is 5.56 Å². The highest BCUT2D eigenvalue weighted by Crippen LogP contribution is 2.48. The van der Waals surface area contributed by atoms with E-state index >= 15 is 0 Å². The van der Waals surface area contributed by atoms with Crippen LogP contribution in [-0.4, -0.2) is 5.78 Å². The monoisotopic (exact) mass is 250 g/mol. The molecule has 1 nitrogen and oxygen atoms in total. The number of rotatable bonds is 3. The Hall–Kier alpha value is -1.89. The fourth-order valence-corrected chi connectivity index (χ4v) is 2.96. The molecule has 0 amide bonds. The van der Waals surface area contributed by atoms with Gasteiger partial charge in [-0.2, -0.15) is 0 Å². The van der Waals surface area contributed by atoms with Gasteiger partial charge in [-0.05, 0) is 42.7 Å². The molecule has 0 bridgehead atoms. The summed E-state index contributed by atoms with van der Waals surface area (Å²) in [5, 5.41) is 0. The van der Waals surface area contributed by atoms with Crippen LogP contribution >= 0.6 is 0 Å². The molecular formula is C18H18O. The van der Waals surface area contributed by atoms with Crippen LogP contribution in [0.3, 0.4) is 0 Å². The van der Waals surface area contributed by atoms with Gasteiger partial charge in [0.05, 0.1) is 0 Å². The van der Waals surface area contributed by atoms with Gasteiger partial charge in [-0.25, -0.2) is 0 Å². The van der Waals surface area contributed by atoms with Crippen LogP contribution in [-0.2, 0) is 0 Å². The highest BCUT2D eigenvalue weighted by Gasteiger charge is 2.32. The zero-order valence-electron chi connectivity index (χ0n) is 11.2. The van der Waals surface area contributed by atoms with Gasteiger partial charge in [0.15, 0.2) is 5.78 Å². The second kappa shape index (κ2) is 5.00. The van der Waals surface area contributed by atoms with Crippen molar-refractivity contribution < 1.29 is 4.79 Å². The Morgan fingerprint density at radius 3 is 1.84 bits per heavy atom. The minimum atomic E-state index is 0.139. The molecule has 0 spiro atoms. The van der Waals surface area contributed by atoms with E-state index in [-0.39, 0.29) is 5.78 Å². The Balaban J connectivity index is 1.81. The average Bonchev–Trinajstić information content (AvgIpc) is 2.39. The summed E-state index contributed by atoms with van der Waals surface area (Å²) in [4.78, 5) is 11.3. The number of hydrogen-bond acceptors (Lipinski definition) is 1. The van der Waals surface area contributed by atoms with Gasteiger partial charge in [-0.3, -0.25) is 4.79 Å². The van der Waals surface area contributed by atoms with Gasteiger partial charge < -0.3 is 0 Å². The van der Waals surface area contributed by atoms with Gasteiger partial charge in [-0.15, -0.1) is 0 Å². The summed E-state index contributed by atoms with van der Waals surface area (Å²) < 4.78 is 0. The second-order valence-electron chi connectivity index (χ2n) is 5.38. The molecule has 3 rings (SSSR count). The van der Waals surface area contributed by atoms with Crippen molar-refractivity contribution in [2.75, 3.05) is 0 Å². The van der Waals surface area contributed by atoms with E-state index in [1.54, 1.807) is 6.92 Å². The van der Waals surface area contributed by atoms with Crippen LogP contribution in [0.15, 0.2) is 54.6 Å². The molecule has 0 saturated heterocycles. The minimum Gasteiger partial charge on any atom is -0.295 e. The molecule has 96 valence electrons. The summed E-state index contributed by atoms with van der Waals surface area (Å²) in [6, 6.07) is 18.9. The summed E-state index contributed by atoms with van der Waals surface area (Å²) in [5.41, 5.74) is 3.61. The maximum atomic E-state index is 11.3. The fourth-order valence-electron chi connectivity index (χ4n) is 2.96. The van der Waals surface area contributed by atoms with Crippen LogP contribution in [0, 0.1) is 0 Å². The van der Waals surface area contributed by atoms with Crippen molar-refractivity contribution in [1.29, 1.82) is 0 Å². The zero-order valence-corrected chi connectivity index (χ0v) is 11.2. The molecule has 2 atom stereocenters. The quantitative estimate of drug-likeness (QED) is 0.730. The van der Waals surface area contributed by atoms with Crippen molar-refractivity contribution in [2.24, 2.45) is 0 Å². The number of carbonyl (C=O) groups excluding carboxylic acids is 1. The predicted molar refractivity (Wildman–Crippen MR) is 77.6 cm³/mol. The Labute approximate surface area is 114 Å². The van der Waals surface area contributed by atoms with Crippen molar-refractivity contribution in [3.05, 3.63) is 71.3 Å². The fraction of sp³-hybridized carbons (Fsp3) is 0.278. The lowest BCUT2D eigenvalue weighted by atomic mass is 9.67. The molecule has 1 aliphatic carbocycles. The normalized spacial score (nSPS) is 21.7. The summed E-state index contributed by atoms with van der Waals surface area (Å²) in [7, 11) is 0. The third-order valence-corrected chi connectivity index (χ3v) is 4.25. The van der Waals surface area contributed by atoms with Crippen LogP contribution in [0.1, 0.15) is 53.1 Å². The Kier molecular flexibility index (Phi) is 3.20. The van der Waals surface area contributed by atoms with Crippen LogP contribution in [0.2, 0.25) is 0 Å². The van der Waals surface area contributed by atoms with Gasteiger partial charge in [0.2, 0.25) is 0 Å². The van der Waals surface area contributed by atoms with Crippen LogP contribution in [0.25, 0.3) is 0 Å². The maximum Gasteiger partial charge on any atom is 0.159 e. The number of Topliss-reactive ketones (excluding diaryl/α,β-unsaturated/α-hetero) is 1. The largest absolute Gasteiger partial charge is 0.295 e. The van der Waals surface area contributed by atoms with Crippen LogP contribution in [0.5, 0.6) is 0 Å². The standard InChI is InChI=1S/C18H18O/c1-13(19)14-7-9-16(10-8-14)18-12-11-17(18)15-5-3-2-4-6-15/h2-10,17-18H,11-12H2,1H3/t17-,18-/m0/s1. The van der Waals surface area contributed by atoms with E-state index in [1.807, 2.05) is 12.1 Å². The first-order chi connectivity index (χ1) is 9.25. The Bertz CT molecular complexity index is 568. The Morgan fingerprint density at radius 1 is 0.842 bits per heavy atom. The van der Waals surface area contributed by atoms with Crippen molar-refractivity contribution >= 4 is 5.78 Å². The van der Waals surface area contributed by atoms with Crippen molar-refractivity contribution in [3.63, 3.8) is 0 Å². The molecule has 0 aliphatic heterocycles. The zero-order chi connectivity index (χ0) is 13.2. The van der Waals surface area contributed by atoms with E-state index in [1.165, 1.54) is 24.0 Å². The summed E-state index contributed by atoms with van der Waals surface area (Å²) >= 11 is 0. The van der Waals surface area contributed by atoms with E-state index in [0.717, 1.165) is 5.56 Å². The minimum absolute atomic E-state index is 0.139. The predicted octanol–water partition coefficient (Wildman–Crippen LogP) is 4.55. The van der Waals surface area contributed by atoms with Crippen LogP contribution < -0.4 is 0 Å². The topological polar surface area (TPSA) is 17.1 Å². The highest BCUT2D eigenvalue weighted by atomic mass is 16.1. The van der Waals surface area contributed by atoms with E-state index in [2.05, 4.69) is 42.5 Å². The molecule has 2 aromatic carbocycles. The molecule has 19 heavy (non-hydrogen) atoms. The summed E-state index contributed by atoms with van der Waals surface area (Å²) in [6.07, 6.45) is 2.52. The third-order valence-electron chi connectivity index (χ3n) is 4.25. The molecule has 2 aromatic rings. The van der Waals surface area contributed by atoms with Crippen molar-refractivity contribution in [1.82, 2.24) is 0 Å². The first-order valence-electron chi connectivity index (χ1n) is 6.91. The van der Waals surface area contributed by atoms with Crippen molar-refractivity contribution in [3.8, 4) is 0 Å². The molecule has 1 aliphatic rings. The lowest BCUT2D eigenvalue weighted by Crippen LogP contribution is -2.21. The van der Waals surface area contributed by atoms with Crippen LogP contribution in [0.4, 0.5) is 0 Å². The van der Waals surface area contributed by atoms with Crippen molar-refractivity contribution in [2.45, 2.75) is 31.6 Å². The first kappa shape index (κ1) is 12.2. The molecule has 0 radical (unpaired) electrons. The maximum absolute atomic E-state index is 11.3. The van der Waals surface area contributed by atoms with Gasteiger partial charge in [0.1, 0.15) is 0 Å². The smallest absolute Gasteiger partial charge is 0.159 e. The lowest BCUT2D eigenvalue weighted by molar-refractivity contribution is 0.101. The van der Waals surface area contributed by atoms with Gasteiger partial charge in [0.25, 0.3) is 0 Å². The molecule has 0 aromatic heterocycles. The molecule has 1 heteroatoms. The number of hydrogen-bond donors (Lipinski definition) is 0. The van der Waals surface area contributed by atoms with E-state index in [0.29, 0.717) is 11.8 Å². The Morgan fingerprint density at radius 2 is 1.37 bits per heavy atom. The first-order valence-corrected chi connectivity index (χ1v) is 6.91. The molecule has 1 saturated carbocycles. The summed E-state index contributed by atoms with van der Waals surface area (Å²) in [5.74, 6) is 1.40. The molecule has 0 heterocycles. The summed E-state index contributed by atoms with van der Waals surface area (Å²) in [6.45, 7) is 1.62. The van der Waals surface area contributed by atoms with Gasteiger partial charge in [-0.1, -0.05) is 54.6 Å². The molecule has 0 N–H and O–H groups in total. The SMILES string of the molecule is CC(=O)c1ccc([C@@H]2CC[C@H]2c2ccccc2)cc1. The van der Waals surface area contributed by atoms with E-state index in [4.69, 9.17) is 0 Å². The highest BCUT2D eigenvalue weighted by molar-refractivity contribution is 5.94. The lowest BCUT2D eigenvalue weighted by Gasteiger charge is -2.37. The second-order valence-corrected chi connectivity index (χ2v) is 5.38. The van der Waals surface area contributed by atoms with Gasteiger partial charge >= 0.3 is 0 Å². The number of benzene rings is 2. The molecule has 0 unspecified atom stereocenters. The number of carbonyl (C=O) groups is 1.